The third kappa shape index (κ3) is 3.35. The molecule has 3 nitrogen and oxygen atoms in total. The molecule has 3 unspecified atom stereocenters. The van der Waals surface area contributed by atoms with Gasteiger partial charge in [-0.1, -0.05) is 6.07 Å². The van der Waals surface area contributed by atoms with Crippen LogP contribution in [-0.4, -0.2) is 19.3 Å². The SMILES string of the molecule is CCOc1cc(C2CC2C(C)N)ccc1OC(F)F. The van der Waals surface area contributed by atoms with Gasteiger partial charge in [0.15, 0.2) is 11.5 Å². The van der Waals surface area contributed by atoms with Crippen molar-refractivity contribution < 1.29 is 18.3 Å². The number of hydrogen-bond acceptors (Lipinski definition) is 3. The Balaban J connectivity index is 2.17. The minimum Gasteiger partial charge on any atom is -0.490 e. The standard InChI is InChI=1S/C14H19F2NO2/c1-3-18-13-6-9(11-7-10(11)8(2)17)4-5-12(13)19-14(15)16/h4-6,8,10-11,14H,3,7,17H2,1-2H3. The molecule has 0 aromatic heterocycles. The molecular formula is C14H19F2NO2. The van der Waals surface area contributed by atoms with Gasteiger partial charge in [-0.3, -0.25) is 0 Å². The summed E-state index contributed by atoms with van der Waals surface area (Å²) in [6.45, 7) is 1.36. The van der Waals surface area contributed by atoms with E-state index in [0.29, 0.717) is 24.2 Å². The molecule has 0 amide bonds. The molecule has 1 aliphatic rings. The van der Waals surface area contributed by atoms with Gasteiger partial charge in [0.1, 0.15) is 0 Å². The minimum atomic E-state index is -2.84. The molecular weight excluding hydrogens is 252 g/mol. The zero-order chi connectivity index (χ0) is 14.0. The first kappa shape index (κ1) is 14.1. The molecule has 19 heavy (non-hydrogen) atoms. The van der Waals surface area contributed by atoms with Crippen LogP contribution in [0.1, 0.15) is 31.7 Å². The second-order valence-corrected chi connectivity index (χ2v) is 4.88. The minimum absolute atomic E-state index is 0.0820. The summed E-state index contributed by atoms with van der Waals surface area (Å²) >= 11 is 0. The molecule has 2 N–H and O–H groups in total. The lowest BCUT2D eigenvalue weighted by atomic mass is 10.1. The molecule has 0 heterocycles. The third-order valence-corrected chi connectivity index (χ3v) is 3.43. The van der Waals surface area contributed by atoms with Crippen molar-refractivity contribution in [3.63, 3.8) is 0 Å². The normalized spacial score (nSPS) is 23.3. The van der Waals surface area contributed by atoms with Gasteiger partial charge in [0.2, 0.25) is 0 Å². The Bertz CT molecular complexity index is 437. The van der Waals surface area contributed by atoms with Crippen molar-refractivity contribution in [2.24, 2.45) is 11.7 Å². The van der Waals surface area contributed by atoms with Crippen LogP contribution in [0, 0.1) is 5.92 Å². The second kappa shape index (κ2) is 5.74. The van der Waals surface area contributed by atoms with Crippen LogP contribution < -0.4 is 15.2 Å². The van der Waals surface area contributed by atoms with Crippen molar-refractivity contribution in [3.05, 3.63) is 23.8 Å². The van der Waals surface area contributed by atoms with Crippen molar-refractivity contribution in [2.75, 3.05) is 6.61 Å². The Kier molecular flexibility index (Phi) is 4.24. The van der Waals surface area contributed by atoms with Crippen LogP contribution in [0.4, 0.5) is 8.78 Å². The van der Waals surface area contributed by atoms with Gasteiger partial charge in [-0.2, -0.15) is 8.78 Å². The van der Waals surface area contributed by atoms with Crippen LogP contribution in [0.2, 0.25) is 0 Å². The van der Waals surface area contributed by atoms with E-state index < -0.39 is 6.61 Å². The molecule has 0 aliphatic heterocycles. The van der Waals surface area contributed by atoms with Gasteiger partial charge < -0.3 is 15.2 Å². The van der Waals surface area contributed by atoms with Crippen molar-refractivity contribution in [1.29, 1.82) is 0 Å². The summed E-state index contributed by atoms with van der Waals surface area (Å²) in [6, 6.07) is 5.29. The smallest absolute Gasteiger partial charge is 0.387 e. The molecule has 2 rings (SSSR count). The molecule has 5 heteroatoms. The predicted molar refractivity (Wildman–Crippen MR) is 68.7 cm³/mol. The van der Waals surface area contributed by atoms with Gasteiger partial charge in [0.05, 0.1) is 6.61 Å². The average Bonchev–Trinajstić information content (AvgIpc) is 3.11. The van der Waals surface area contributed by atoms with Crippen molar-refractivity contribution in [1.82, 2.24) is 0 Å². The Morgan fingerprint density at radius 2 is 2.11 bits per heavy atom. The van der Waals surface area contributed by atoms with Crippen molar-refractivity contribution >= 4 is 0 Å². The van der Waals surface area contributed by atoms with Crippen LogP contribution in [0.5, 0.6) is 11.5 Å². The maximum absolute atomic E-state index is 12.3. The highest BCUT2D eigenvalue weighted by atomic mass is 19.3. The van der Waals surface area contributed by atoms with Crippen LogP contribution in [0.25, 0.3) is 0 Å². The topological polar surface area (TPSA) is 44.5 Å². The Morgan fingerprint density at radius 1 is 1.37 bits per heavy atom. The fourth-order valence-corrected chi connectivity index (χ4v) is 2.40. The summed E-state index contributed by atoms with van der Waals surface area (Å²) in [4.78, 5) is 0. The molecule has 1 saturated carbocycles. The maximum atomic E-state index is 12.3. The molecule has 1 aliphatic carbocycles. The fraction of sp³-hybridized carbons (Fsp3) is 0.571. The number of nitrogens with two attached hydrogens (primary N) is 1. The van der Waals surface area contributed by atoms with Crippen LogP contribution in [0.15, 0.2) is 18.2 Å². The number of ether oxygens (including phenoxy) is 2. The molecule has 0 spiro atoms. The summed E-state index contributed by atoms with van der Waals surface area (Å²) < 4.78 is 34.4. The number of halogens is 2. The van der Waals surface area contributed by atoms with E-state index in [9.17, 15) is 8.78 Å². The van der Waals surface area contributed by atoms with Crippen LogP contribution in [-0.2, 0) is 0 Å². The average molecular weight is 271 g/mol. The van der Waals surface area contributed by atoms with Gasteiger partial charge >= 0.3 is 6.61 Å². The highest BCUT2D eigenvalue weighted by molar-refractivity contribution is 5.45. The lowest BCUT2D eigenvalue weighted by Crippen LogP contribution is -2.17. The first-order valence-corrected chi connectivity index (χ1v) is 6.50. The van der Waals surface area contributed by atoms with Gasteiger partial charge in [-0.05, 0) is 49.8 Å². The highest BCUT2D eigenvalue weighted by Gasteiger charge is 2.41. The number of hydrogen-bond donors (Lipinski definition) is 1. The third-order valence-electron chi connectivity index (χ3n) is 3.43. The van der Waals surface area contributed by atoms with E-state index in [1.807, 2.05) is 13.0 Å². The number of benzene rings is 1. The highest BCUT2D eigenvalue weighted by Crippen LogP contribution is 2.50. The van der Waals surface area contributed by atoms with Crippen molar-refractivity contribution in [2.45, 2.75) is 38.8 Å². The Morgan fingerprint density at radius 3 is 2.63 bits per heavy atom. The summed E-state index contributed by atoms with van der Waals surface area (Å²) in [5.74, 6) is 1.32. The number of rotatable bonds is 6. The van der Waals surface area contributed by atoms with Gasteiger partial charge in [0.25, 0.3) is 0 Å². The van der Waals surface area contributed by atoms with E-state index in [0.717, 1.165) is 12.0 Å². The fourth-order valence-electron chi connectivity index (χ4n) is 2.40. The molecule has 0 bridgehead atoms. The van der Waals surface area contributed by atoms with Gasteiger partial charge in [0, 0.05) is 6.04 Å². The van der Waals surface area contributed by atoms with E-state index in [4.69, 9.17) is 10.5 Å². The quantitative estimate of drug-likeness (QED) is 0.864. The molecule has 106 valence electrons. The van der Waals surface area contributed by atoms with Gasteiger partial charge in [-0.15, -0.1) is 0 Å². The lowest BCUT2D eigenvalue weighted by molar-refractivity contribution is -0.0514. The van der Waals surface area contributed by atoms with E-state index in [-0.39, 0.29) is 11.8 Å². The molecule has 3 atom stereocenters. The molecule has 1 aromatic rings. The summed E-state index contributed by atoms with van der Waals surface area (Å²) in [6.07, 6.45) is 1.04. The summed E-state index contributed by atoms with van der Waals surface area (Å²) in [7, 11) is 0. The van der Waals surface area contributed by atoms with E-state index in [1.165, 1.54) is 0 Å². The lowest BCUT2D eigenvalue weighted by Gasteiger charge is -2.13. The van der Waals surface area contributed by atoms with Gasteiger partial charge in [-0.25, -0.2) is 0 Å². The second-order valence-electron chi connectivity index (χ2n) is 4.88. The number of alkyl halides is 2. The monoisotopic (exact) mass is 271 g/mol. The Hall–Kier alpha value is -1.36. The Labute approximate surface area is 111 Å². The summed E-state index contributed by atoms with van der Waals surface area (Å²) in [5.41, 5.74) is 6.94. The van der Waals surface area contributed by atoms with Crippen LogP contribution in [0.3, 0.4) is 0 Å². The molecule has 0 saturated heterocycles. The summed E-state index contributed by atoms with van der Waals surface area (Å²) in [5, 5.41) is 0. The zero-order valence-electron chi connectivity index (χ0n) is 11.1. The molecule has 1 fully saturated rings. The van der Waals surface area contributed by atoms with Crippen LogP contribution >= 0.6 is 0 Å². The first-order chi connectivity index (χ1) is 9.02. The zero-order valence-corrected chi connectivity index (χ0v) is 11.1. The predicted octanol–water partition coefficient (Wildman–Crippen LogP) is 3.14. The van der Waals surface area contributed by atoms with E-state index in [1.54, 1.807) is 19.1 Å². The van der Waals surface area contributed by atoms with Crippen molar-refractivity contribution in [3.8, 4) is 11.5 Å². The largest absolute Gasteiger partial charge is 0.490 e. The van der Waals surface area contributed by atoms with E-state index in [2.05, 4.69) is 4.74 Å². The van der Waals surface area contributed by atoms with E-state index >= 15 is 0 Å². The molecule has 1 aromatic carbocycles. The maximum Gasteiger partial charge on any atom is 0.387 e. The first-order valence-electron chi connectivity index (χ1n) is 6.50. The molecule has 0 radical (unpaired) electrons.